The molecule has 0 bridgehead atoms. The number of rotatable bonds is 5. The van der Waals surface area contributed by atoms with Gasteiger partial charge in [-0.15, -0.1) is 0 Å². The van der Waals surface area contributed by atoms with E-state index in [0.29, 0.717) is 0 Å². The zero-order valence-corrected chi connectivity index (χ0v) is 10.8. The highest BCUT2D eigenvalue weighted by Crippen LogP contribution is 2.09. The number of hydrogen-bond acceptors (Lipinski definition) is 3. The molecule has 0 radical (unpaired) electrons. The Morgan fingerprint density at radius 1 is 1.11 bits per heavy atom. The molecule has 0 aliphatic carbocycles. The van der Waals surface area contributed by atoms with Gasteiger partial charge in [0.1, 0.15) is 0 Å². The van der Waals surface area contributed by atoms with Crippen molar-refractivity contribution in [3.63, 3.8) is 0 Å². The van der Waals surface area contributed by atoms with Gasteiger partial charge in [0.15, 0.2) is 0 Å². The molecule has 2 aromatic rings. The molecular weight excluding hydrogens is 226 g/mol. The van der Waals surface area contributed by atoms with Crippen LogP contribution in [0.5, 0.6) is 0 Å². The van der Waals surface area contributed by atoms with Gasteiger partial charge in [-0.05, 0) is 25.0 Å². The first-order valence-electron chi connectivity index (χ1n) is 6.10. The van der Waals surface area contributed by atoms with Crippen molar-refractivity contribution in [1.82, 2.24) is 15.5 Å². The van der Waals surface area contributed by atoms with Gasteiger partial charge in [-0.1, -0.05) is 24.3 Å². The topological polar surface area (TPSA) is 60.9 Å². The molecule has 0 fully saturated rings. The molecular formula is C14H19N3O. The lowest BCUT2D eigenvalue weighted by atomic mass is 10.1. The van der Waals surface area contributed by atoms with Crippen molar-refractivity contribution in [2.75, 3.05) is 0 Å². The Labute approximate surface area is 107 Å². The van der Waals surface area contributed by atoms with Crippen molar-refractivity contribution in [3.8, 4) is 0 Å². The van der Waals surface area contributed by atoms with Gasteiger partial charge in [0.2, 0.25) is 0 Å². The van der Waals surface area contributed by atoms with E-state index in [1.54, 1.807) is 0 Å². The minimum Gasteiger partial charge on any atom is -0.392 e. The second-order valence-electron chi connectivity index (χ2n) is 4.49. The van der Waals surface area contributed by atoms with Crippen LogP contribution < -0.4 is 5.32 Å². The van der Waals surface area contributed by atoms with Crippen LogP contribution in [0.4, 0.5) is 0 Å². The van der Waals surface area contributed by atoms with E-state index in [4.69, 9.17) is 5.11 Å². The van der Waals surface area contributed by atoms with Gasteiger partial charge in [-0.2, -0.15) is 5.10 Å². The summed E-state index contributed by atoms with van der Waals surface area (Å²) in [4.78, 5) is 0. The highest BCUT2D eigenvalue weighted by molar-refractivity contribution is 5.24. The van der Waals surface area contributed by atoms with Gasteiger partial charge in [0.25, 0.3) is 0 Å². The maximum atomic E-state index is 8.96. The number of H-pyrrole nitrogens is 1. The molecule has 3 N–H and O–H groups in total. The second kappa shape index (κ2) is 5.80. The zero-order chi connectivity index (χ0) is 13.0. The number of hydrogen-bond donors (Lipinski definition) is 3. The second-order valence-corrected chi connectivity index (χ2v) is 4.49. The number of nitrogens with one attached hydrogen (secondary N) is 2. The van der Waals surface area contributed by atoms with Crippen molar-refractivity contribution in [2.24, 2.45) is 0 Å². The Morgan fingerprint density at radius 3 is 2.33 bits per heavy atom. The Kier molecular flexibility index (Phi) is 4.12. The Morgan fingerprint density at radius 2 is 1.78 bits per heavy atom. The van der Waals surface area contributed by atoms with Crippen molar-refractivity contribution >= 4 is 0 Å². The van der Waals surface area contributed by atoms with Gasteiger partial charge >= 0.3 is 0 Å². The van der Waals surface area contributed by atoms with Crippen molar-refractivity contribution < 1.29 is 5.11 Å². The third-order valence-corrected chi connectivity index (χ3v) is 3.12. The highest BCUT2D eigenvalue weighted by atomic mass is 16.3. The molecule has 2 rings (SSSR count). The first-order valence-corrected chi connectivity index (χ1v) is 6.10. The monoisotopic (exact) mass is 245 g/mol. The van der Waals surface area contributed by atoms with Crippen LogP contribution in [-0.4, -0.2) is 15.3 Å². The van der Waals surface area contributed by atoms with Gasteiger partial charge in [0, 0.05) is 24.3 Å². The molecule has 0 saturated heterocycles. The van der Waals surface area contributed by atoms with E-state index >= 15 is 0 Å². The van der Waals surface area contributed by atoms with Crippen molar-refractivity contribution in [1.29, 1.82) is 0 Å². The number of nitrogens with zero attached hydrogens (tertiary/aromatic N) is 1. The van der Waals surface area contributed by atoms with Crippen LogP contribution in [0.15, 0.2) is 24.3 Å². The summed E-state index contributed by atoms with van der Waals surface area (Å²) in [5, 5.41) is 19.5. The molecule has 0 aliphatic heterocycles. The normalized spacial score (nSPS) is 10.8. The lowest BCUT2D eigenvalue weighted by Crippen LogP contribution is -2.13. The van der Waals surface area contributed by atoms with Crippen LogP contribution >= 0.6 is 0 Å². The summed E-state index contributed by atoms with van der Waals surface area (Å²) in [6, 6.07) is 7.97. The minimum absolute atomic E-state index is 0.0983. The molecule has 0 amide bonds. The first kappa shape index (κ1) is 12.8. The van der Waals surface area contributed by atoms with E-state index < -0.39 is 0 Å². The summed E-state index contributed by atoms with van der Waals surface area (Å²) in [5.74, 6) is 0. The standard InChI is InChI=1S/C14H19N3O/c1-10-14(11(2)17-16-10)8-15-7-12-3-5-13(9-18)6-4-12/h3-6,15,18H,7-9H2,1-2H3,(H,16,17). The van der Waals surface area contributed by atoms with Crippen LogP contribution in [0.25, 0.3) is 0 Å². The van der Waals surface area contributed by atoms with Gasteiger partial charge in [-0.3, -0.25) is 5.10 Å². The molecule has 18 heavy (non-hydrogen) atoms. The van der Waals surface area contributed by atoms with E-state index in [9.17, 15) is 0 Å². The SMILES string of the molecule is Cc1n[nH]c(C)c1CNCc1ccc(CO)cc1. The third-order valence-electron chi connectivity index (χ3n) is 3.12. The van der Waals surface area contributed by atoms with Gasteiger partial charge in [0.05, 0.1) is 12.3 Å². The number of aliphatic hydroxyl groups excluding tert-OH is 1. The van der Waals surface area contributed by atoms with E-state index in [1.165, 1.54) is 11.1 Å². The smallest absolute Gasteiger partial charge is 0.0681 e. The molecule has 0 saturated carbocycles. The summed E-state index contributed by atoms with van der Waals surface area (Å²) in [6.45, 7) is 5.77. The Hall–Kier alpha value is -1.65. The quantitative estimate of drug-likeness (QED) is 0.753. The minimum atomic E-state index is 0.0983. The number of aliphatic hydroxyl groups is 1. The predicted octanol–water partition coefficient (Wildman–Crippen LogP) is 1.81. The number of benzene rings is 1. The largest absolute Gasteiger partial charge is 0.392 e. The molecule has 1 aromatic carbocycles. The van der Waals surface area contributed by atoms with E-state index in [-0.39, 0.29) is 6.61 Å². The fourth-order valence-corrected chi connectivity index (χ4v) is 1.93. The van der Waals surface area contributed by atoms with Crippen LogP contribution in [0, 0.1) is 13.8 Å². The fourth-order valence-electron chi connectivity index (χ4n) is 1.93. The van der Waals surface area contributed by atoms with Crippen LogP contribution in [0.2, 0.25) is 0 Å². The van der Waals surface area contributed by atoms with Crippen molar-refractivity contribution in [3.05, 3.63) is 52.3 Å². The van der Waals surface area contributed by atoms with Crippen LogP contribution in [0.3, 0.4) is 0 Å². The molecule has 1 heterocycles. The van der Waals surface area contributed by atoms with Crippen molar-refractivity contribution in [2.45, 2.75) is 33.5 Å². The number of aromatic amines is 1. The number of aryl methyl sites for hydroxylation is 2. The van der Waals surface area contributed by atoms with E-state index in [0.717, 1.165) is 30.0 Å². The molecule has 4 heteroatoms. The summed E-state index contributed by atoms with van der Waals surface area (Å²) in [7, 11) is 0. The molecule has 1 aromatic heterocycles. The van der Waals surface area contributed by atoms with Crippen LogP contribution in [-0.2, 0) is 19.7 Å². The summed E-state index contributed by atoms with van der Waals surface area (Å²) < 4.78 is 0. The van der Waals surface area contributed by atoms with Gasteiger partial charge < -0.3 is 10.4 Å². The third kappa shape index (κ3) is 2.97. The maximum absolute atomic E-state index is 8.96. The lowest BCUT2D eigenvalue weighted by Gasteiger charge is -2.06. The summed E-state index contributed by atoms with van der Waals surface area (Å²) in [6.07, 6.45) is 0. The van der Waals surface area contributed by atoms with E-state index in [2.05, 4.69) is 15.5 Å². The van der Waals surface area contributed by atoms with Crippen LogP contribution in [0.1, 0.15) is 28.1 Å². The summed E-state index contributed by atoms with van der Waals surface area (Å²) in [5.41, 5.74) is 5.57. The molecule has 4 nitrogen and oxygen atoms in total. The highest BCUT2D eigenvalue weighted by Gasteiger charge is 2.05. The predicted molar refractivity (Wildman–Crippen MR) is 71.0 cm³/mol. The Bertz CT molecular complexity index is 483. The average Bonchev–Trinajstić information content (AvgIpc) is 2.71. The molecule has 0 unspecified atom stereocenters. The molecule has 0 atom stereocenters. The maximum Gasteiger partial charge on any atom is 0.0681 e. The fraction of sp³-hybridized carbons (Fsp3) is 0.357. The molecule has 0 aliphatic rings. The van der Waals surface area contributed by atoms with E-state index in [1.807, 2.05) is 38.1 Å². The average molecular weight is 245 g/mol. The lowest BCUT2D eigenvalue weighted by molar-refractivity contribution is 0.282. The van der Waals surface area contributed by atoms with Gasteiger partial charge in [-0.25, -0.2) is 0 Å². The first-order chi connectivity index (χ1) is 8.70. The molecule has 96 valence electrons. The zero-order valence-electron chi connectivity index (χ0n) is 10.8. The summed E-state index contributed by atoms with van der Waals surface area (Å²) >= 11 is 0. The molecule has 0 spiro atoms. The Balaban J connectivity index is 1.88. The number of aromatic nitrogens is 2.